The maximum absolute atomic E-state index is 12.3. The minimum absolute atomic E-state index is 0.889. The summed E-state index contributed by atoms with van der Waals surface area (Å²) in [5.41, 5.74) is 0. The third-order valence-electron chi connectivity index (χ3n) is 0.911. The van der Waals surface area contributed by atoms with Crippen LogP contribution >= 0.6 is 20.4 Å². The first kappa shape index (κ1) is 5.54. The Labute approximate surface area is 51.0 Å². The molecule has 2 heteroatoms. The van der Waals surface area contributed by atoms with Gasteiger partial charge >= 0.3 is 50.7 Å². The third-order valence-corrected chi connectivity index (χ3v) is 3.99. The summed E-state index contributed by atoms with van der Waals surface area (Å²) in [5, 5.41) is 0. The zero-order chi connectivity index (χ0) is 5.11. The summed E-state index contributed by atoms with van der Waals surface area (Å²) in [5.74, 6) is 0. The number of alkyl halides is 1. The Morgan fingerprint density at radius 2 is 2.43 bits per heavy atom. The monoisotopic (exact) mass is 214 g/mol. The Kier molecular flexibility index (Phi) is 2.09. The topological polar surface area (TPSA) is 0 Å². The van der Waals surface area contributed by atoms with E-state index in [4.69, 9.17) is 0 Å². The van der Waals surface area contributed by atoms with Gasteiger partial charge in [-0.15, -0.1) is 0 Å². The molecule has 0 aromatic heterocycles. The van der Waals surface area contributed by atoms with E-state index in [0.717, 1.165) is 17.3 Å². The van der Waals surface area contributed by atoms with E-state index < -0.39 is 20.4 Å². The fourth-order valence-electron chi connectivity index (χ4n) is 0.545. The van der Waals surface area contributed by atoms with Gasteiger partial charge in [0.25, 0.3) is 0 Å². The van der Waals surface area contributed by atoms with Crippen molar-refractivity contribution in [3.63, 3.8) is 0 Å². The molecule has 0 bridgehead atoms. The standard InChI is InChI=1S/C5H8FI/c6-7-4-2-1-3-5-7/h2,4H,1,3,5H2. The Balaban J connectivity index is 2.36. The molecule has 1 aliphatic heterocycles. The molecule has 0 spiro atoms. The van der Waals surface area contributed by atoms with Gasteiger partial charge in [-0.25, -0.2) is 0 Å². The van der Waals surface area contributed by atoms with E-state index >= 15 is 0 Å². The second kappa shape index (κ2) is 2.64. The molecule has 0 amide bonds. The van der Waals surface area contributed by atoms with Crippen molar-refractivity contribution in [2.75, 3.05) is 4.43 Å². The fourth-order valence-corrected chi connectivity index (χ4v) is 2.99. The van der Waals surface area contributed by atoms with Gasteiger partial charge in [0.05, 0.1) is 0 Å². The van der Waals surface area contributed by atoms with Crippen LogP contribution in [0.25, 0.3) is 0 Å². The zero-order valence-corrected chi connectivity index (χ0v) is 6.19. The van der Waals surface area contributed by atoms with Crippen molar-refractivity contribution in [2.24, 2.45) is 0 Å². The number of allylic oxidation sites excluding steroid dienone is 1. The molecule has 0 aromatic rings. The summed E-state index contributed by atoms with van der Waals surface area (Å²) < 4.78 is 14.9. The Bertz CT molecular complexity index is 80.1. The van der Waals surface area contributed by atoms with Gasteiger partial charge in [0.15, 0.2) is 0 Å². The molecular weight excluding hydrogens is 206 g/mol. The number of rotatable bonds is 0. The molecule has 42 valence electrons. The molecule has 0 aliphatic carbocycles. The summed E-state index contributed by atoms with van der Waals surface area (Å²) in [6.45, 7) is 0. The first-order valence-corrected chi connectivity index (χ1v) is 5.96. The van der Waals surface area contributed by atoms with E-state index in [2.05, 4.69) is 0 Å². The number of hydrogen-bond acceptors (Lipinski definition) is 0. The van der Waals surface area contributed by atoms with Crippen LogP contribution in [0.3, 0.4) is 0 Å². The van der Waals surface area contributed by atoms with E-state index in [9.17, 15) is 2.86 Å². The predicted molar refractivity (Wildman–Crippen MR) is 38.4 cm³/mol. The van der Waals surface area contributed by atoms with Crippen molar-refractivity contribution in [1.29, 1.82) is 0 Å². The van der Waals surface area contributed by atoms with Gasteiger partial charge in [-0.2, -0.15) is 0 Å². The molecule has 0 saturated heterocycles. The summed E-state index contributed by atoms with van der Waals surface area (Å²) >= 11 is -1.92. The molecule has 0 atom stereocenters. The molecule has 0 aromatic carbocycles. The van der Waals surface area contributed by atoms with Crippen LogP contribution in [-0.2, 0) is 0 Å². The van der Waals surface area contributed by atoms with E-state index in [0.29, 0.717) is 0 Å². The molecule has 0 nitrogen and oxygen atoms in total. The van der Waals surface area contributed by atoms with Crippen molar-refractivity contribution in [3.05, 3.63) is 10.2 Å². The third kappa shape index (κ3) is 1.76. The fraction of sp³-hybridized carbons (Fsp3) is 0.600. The predicted octanol–water partition coefficient (Wildman–Crippen LogP) is 2.68. The van der Waals surface area contributed by atoms with Crippen LogP contribution in [0.4, 0.5) is 2.86 Å². The first-order chi connectivity index (χ1) is 3.39. The molecule has 1 aliphatic rings. The van der Waals surface area contributed by atoms with Crippen LogP contribution in [0, 0.1) is 0 Å². The van der Waals surface area contributed by atoms with E-state index in [-0.39, 0.29) is 0 Å². The van der Waals surface area contributed by atoms with Crippen LogP contribution in [-0.4, -0.2) is 4.43 Å². The Morgan fingerprint density at radius 1 is 1.57 bits per heavy atom. The molecule has 0 unspecified atom stereocenters. The van der Waals surface area contributed by atoms with Crippen molar-refractivity contribution >= 4 is 20.4 Å². The zero-order valence-electron chi connectivity index (χ0n) is 4.03. The van der Waals surface area contributed by atoms with Gasteiger partial charge in [-0.05, 0) is 0 Å². The molecule has 1 heterocycles. The second-order valence-corrected chi connectivity index (χ2v) is 5.26. The van der Waals surface area contributed by atoms with Crippen molar-refractivity contribution in [2.45, 2.75) is 12.8 Å². The average molecular weight is 214 g/mol. The molecule has 0 saturated carbocycles. The first-order valence-electron chi connectivity index (χ1n) is 2.37. The Hall–Kier alpha value is 0.400. The van der Waals surface area contributed by atoms with Gasteiger partial charge < -0.3 is 0 Å². The Morgan fingerprint density at radius 3 is 2.71 bits per heavy atom. The van der Waals surface area contributed by atoms with E-state index in [1.165, 1.54) is 0 Å². The molecule has 1 rings (SSSR count). The maximum atomic E-state index is 12.3. The van der Waals surface area contributed by atoms with Gasteiger partial charge in [0.1, 0.15) is 0 Å². The molecule has 0 N–H and O–H groups in total. The quantitative estimate of drug-likeness (QED) is 0.429. The van der Waals surface area contributed by atoms with Gasteiger partial charge in [0, 0.05) is 0 Å². The molecule has 7 heavy (non-hydrogen) atoms. The molecule has 0 radical (unpaired) electrons. The van der Waals surface area contributed by atoms with Crippen LogP contribution in [0.5, 0.6) is 0 Å². The summed E-state index contributed by atoms with van der Waals surface area (Å²) in [6, 6.07) is 0. The number of hydrogen-bond donors (Lipinski definition) is 0. The summed E-state index contributed by atoms with van der Waals surface area (Å²) in [6.07, 6.45) is 4.18. The molecule has 0 fully saturated rings. The van der Waals surface area contributed by atoms with Crippen molar-refractivity contribution < 1.29 is 2.86 Å². The van der Waals surface area contributed by atoms with Crippen LogP contribution in [0.15, 0.2) is 10.2 Å². The van der Waals surface area contributed by atoms with Gasteiger partial charge in [0.2, 0.25) is 0 Å². The van der Waals surface area contributed by atoms with Crippen LogP contribution in [0.1, 0.15) is 12.8 Å². The number of halogens is 2. The van der Waals surface area contributed by atoms with Gasteiger partial charge in [-0.1, -0.05) is 0 Å². The van der Waals surface area contributed by atoms with E-state index in [1.807, 2.05) is 6.08 Å². The second-order valence-electron chi connectivity index (χ2n) is 1.53. The van der Waals surface area contributed by atoms with Crippen molar-refractivity contribution in [3.8, 4) is 0 Å². The molecular formula is C5H8FI. The summed E-state index contributed by atoms with van der Waals surface area (Å²) in [4.78, 5) is 0. The normalized spacial score (nSPS) is 25.6. The van der Waals surface area contributed by atoms with Crippen LogP contribution in [0.2, 0.25) is 0 Å². The summed E-state index contributed by atoms with van der Waals surface area (Å²) in [7, 11) is 0. The van der Waals surface area contributed by atoms with Crippen molar-refractivity contribution in [1.82, 2.24) is 0 Å². The van der Waals surface area contributed by atoms with Crippen LogP contribution < -0.4 is 0 Å². The van der Waals surface area contributed by atoms with E-state index in [1.54, 1.807) is 4.08 Å². The minimum atomic E-state index is -1.92. The SMILES string of the molecule is FI1C=CCCC1. The average Bonchev–Trinajstić information content (AvgIpc) is 1.69. The van der Waals surface area contributed by atoms with Gasteiger partial charge in [-0.3, -0.25) is 0 Å².